The summed E-state index contributed by atoms with van der Waals surface area (Å²) in [6.45, 7) is 12.6. The van der Waals surface area contributed by atoms with Gasteiger partial charge in [0, 0.05) is 12.1 Å². The lowest BCUT2D eigenvalue weighted by molar-refractivity contribution is -0.301. The van der Waals surface area contributed by atoms with Gasteiger partial charge in [-0.25, -0.2) is 4.98 Å². The van der Waals surface area contributed by atoms with Crippen LogP contribution in [0.2, 0.25) is 0 Å². The van der Waals surface area contributed by atoms with Crippen LogP contribution in [0.3, 0.4) is 0 Å². The number of carbonyl (C=O) groups is 1. The van der Waals surface area contributed by atoms with Crippen molar-refractivity contribution in [1.29, 1.82) is 0 Å². The molecule has 1 spiro atoms. The minimum Gasteiger partial charge on any atom is -0.466 e. The van der Waals surface area contributed by atoms with Gasteiger partial charge >= 0.3 is 0 Å². The molecular weight excluding hydrogens is 470 g/mol. The van der Waals surface area contributed by atoms with Crippen LogP contribution in [0.4, 0.5) is 0 Å². The molecule has 0 amide bonds. The van der Waals surface area contributed by atoms with Crippen LogP contribution in [0, 0.1) is 34.5 Å². The maximum absolute atomic E-state index is 14.8. The zero-order valence-electron chi connectivity index (χ0n) is 22.3. The van der Waals surface area contributed by atoms with Crippen molar-refractivity contribution in [3.05, 3.63) is 47.9 Å². The molecule has 1 saturated heterocycles. The number of ether oxygens (including phenoxy) is 3. The Labute approximate surface area is 216 Å². The SMILES string of the molecule is CC1=C[C@]23C(=O)[C@@H](C=C4COC(C)(C)O[C@H]4[C@]2(O)[C@H]1Oc1nccc2occc12)C1C(C[C@H]3C)C1(C)C. The maximum atomic E-state index is 14.8. The first-order valence-electron chi connectivity index (χ1n) is 13.4. The molecule has 2 aromatic heterocycles. The molecule has 1 N–H and O–H groups in total. The first-order chi connectivity index (χ1) is 17.4. The van der Waals surface area contributed by atoms with Gasteiger partial charge in [-0.1, -0.05) is 32.9 Å². The third-order valence-electron chi connectivity index (χ3n) is 10.2. The van der Waals surface area contributed by atoms with Gasteiger partial charge in [0.2, 0.25) is 5.88 Å². The highest BCUT2D eigenvalue weighted by Crippen LogP contribution is 2.72. The minimum absolute atomic E-state index is 0.0730. The molecule has 3 heterocycles. The molecule has 7 heteroatoms. The van der Waals surface area contributed by atoms with Gasteiger partial charge in [-0.05, 0) is 73.6 Å². The molecule has 196 valence electrons. The Bertz CT molecular complexity index is 1390. The van der Waals surface area contributed by atoms with E-state index >= 15 is 0 Å². The van der Waals surface area contributed by atoms with Gasteiger partial charge in [0.1, 0.15) is 11.7 Å². The largest absolute Gasteiger partial charge is 0.466 e. The van der Waals surface area contributed by atoms with Crippen LogP contribution in [-0.4, -0.2) is 46.1 Å². The van der Waals surface area contributed by atoms with Crippen molar-refractivity contribution in [1.82, 2.24) is 4.98 Å². The fraction of sp³-hybridized carbons (Fsp3) is 0.600. The van der Waals surface area contributed by atoms with Crippen LogP contribution in [0.5, 0.6) is 5.88 Å². The molecule has 2 unspecified atom stereocenters. The second-order valence-corrected chi connectivity index (χ2v) is 12.9. The molecule has 5 aliphatic rings. The highest BCUT2D eigenvalue weighted by molar-refractivity contribution is 5.95. The summed E-state index contributed by atoms with van der Waals surface area (Å²) in [6, 6.07) is 3.59. The molecule has 2 saturated carbocycles. The molecule has 8 atom stereocenters. The second kappa shape index (κ2) is 7.13. The second-order valence-electron chi connectivity index (χ2n) is 12.9. The average molecular weight is 506 g/mol. The quantitative estimate of drug-likeness (QED) is 0.584. The maximum Gasteiger partial charge on any atom is 0.225 e. The number of carbonyl (C=O) groups excluding carboxylic acids is 1. The van der Waals surface area contributed by atoms with E-state index in [9.17, 15) is 9.90 Å². The molecular formula is C30H35NO6. The van der Waals surface area contributed by atoms with E-state index in [2.05, 4.69) is 31.8 Å². The number of ketones is 1. The van der Waals surface area contributed by atoms with Gasteiger partial charge in [0.05, 0.1) is 23.7 Å². The Morgan fingerprint density at radius 3 is 2.76 bits per heavy atom. The number of allylic oxidation sites excluding steroid dienone is 1. The Morgan fingerprint density at radius 2 is 1.97 bits per heavy atom. The van der Waals surface area contributed by atoms with Gasteiger partial charge < -0.3 is 23.7 Å². The third-order valence-corrected chi connectivity index (χ3v) is 10.2. The lowest BCUT2D eigenvalue weighted by atomic mass is 9.59. The van der Waals surface area contributed by atoms with E-state index in [0.29, 0.717) is 24.0 Å². The van der Waals surface area contributed by atoms with E-state index in [1.54, 1.807) is 18.5 Å². The first kappa shape index (κ1) is 23.6. The van der Waals surface area contributed by atoms with Crippen molar-refractivity contribution in [3.8, 4) is 5.88 Å². The predicted octanol–water partition coefficient (Wildman–Crippen LogP) is 4.84. The highest BCUT2D eigenvalue weighted by Gasteiger charge is 2.77. The zero-order valence-corrected chi connectivity index (χ0v) is 22.3. The number of hydrogen-bond acceptors (Lipinski definition) is 7. The normalized spacial score (nSPS) is 43.1. The number of pyridine rings is 1. The smallest absolute Gasteiger partial charge is 0.225 e. The van der Waals surface area contributed by atoms with Gasteiger partial charge in [-0.3, -0.25) is 4.79 Å². The Kier molecular flexibility index (Phi) is 4.55. The summed E-state index contributed by atoms with van der Waals surface area (Å²) < 4.78 is 24.8. The van der Waals surface area contributed by atoms with Crippen LogP contribution in [-0.2, 0) is 14.3 Å². The van der Waals surface area contributed by atoms with Crippen molar-refractivity contribution < 1.29 is 28.5 Å². The number of aliphatic hydroxyl groups is 1. The van der Waals surface area contributed by atoms with Crippen molar-refractivity contribution in [2.24, 2.45) is 34.5 Å². The third kappa shape index (κ3) is 2.83. The Morgan fingerprint density at radius 1 is 1.19 bits per heavy atom. The molecule has 37 heavy (non-hydrogen) atoms. The van der Waals surface area contributed by atoms with Gasteiger partial charge in [-0.15, -0.1) is 0 Å². The lowest BCUT2D eigenvalue weighted by Gasteiger charge is -2.52. The Hall–Kier alpha value is -2.48. The molecule has 2 aromatic rings. The van der Waals surface area contributed by atoms with E-state index in [0.717, 1.165) is 23.0 Å². The van der Waals surface area contributed by atoms with Crippen molar-refractivity contribution >= 4 is 16.8 Å². The number of nitrogens with zero attached hydrogens (tertiary/aromatic N) is 1. The van der Waals surface area contributed by atoms with Gasteiger partial charge in [0.25, 0.3) is 0 Å². The van der Waals surface area contributed by atoms with E-state index in [1.165, 1.54) is 0 Å². The summed E-state index contributed by atoms with van der Waals surface area (Å²) in [7, 11) is 0. The van der Waals surface area contributed by atoms with Crippen LogP contribution >= 0.6 is 0 Å². The standard InChI is InChI=1S/C30H35NO6/c1-15-13-29-16(2)11-20-22(27(20,3)4)19(23(29)32)12-17-14-35-28(5,6)37-25(17)30(29,33)24(15)36-26-18-8-10-34-21(18)7-9-31-26/h7-10,12-13,16,19-20,22,24-25,33H,11,14H2,1-6H3/t16-,19+,20?,22?,24+,25-,29+,30-/m1/s1. The van der Waals surface area contributed by atoms with Crippen molar-refractivity contribution in [2.75, 3.05) is 6.61 Å². The number of fused-ring (bicyclic) bond motifs is 6. The summed E-state index contributed by atoms with van der Waals surface area (Å²) in [6.07, 6.45) is 6.56. The summed E-state index contributed by atoms with van der Waals surface area (Å²) in [5.74, 6) is -0.234. The summed E-state index contributed by atoms with van der Waals surface area (Å²) in [5.41, 5.74) is -0.469. The lowest BCUT2D eigenvalue weighted by Crippen LogP contribution is -2.68. The number of Topliss-reactive ketones (excluding diaryl/α,β-unsaturated/α-hetero) is 1. The number of rotatable bonds is 2. The van der Waals surface area contributed by atoms with Crippen molar-refractivity contribution in [2.45, 2.75) is 71.6 Å². The predicted molar refractivity (Wildman–Crippen MR) is 136 cm³/mol. The molecule has 3 fully saturated rings. The summed E-state index contributed by atoms with van der Waals surface area (Å²) in [5, 5.41) is 13.9. The van der Waals surface area contributed by atoms with E-state index < -0.39 is 29.0 Å². The highest BCUT2D eigenvalue weighted by atomic mass is 16.7. The monoisotopic (exact) mass is 505 g/mol. The first-order valence-corrected chi connectivity index (χ1v) is 13.4. The molecule has 7 rings (SSSR count). The van der Waals surface area contributed by atoms with E-state index in [1.807, 2.05) is 32.9 Å². The van der Waals surface area contributed by atoms with E-state index in [-0.39, 0.29) is 29.0 Å². The molecule has 7 nitrogen and oxygen atoms in total. The van der Waals surface area contributed by atoms with Gasteiger partial charge in [0.15, 0.2) is 23.3 Å². The van der Waals surface area contributed by atoms with Crippen LogP contribution < -0.4 is 4.74 Å². The zero-order chi connectivity index (χ0) is 26.1. The van der Waals surface area contributed by atoms with Crippen LogP contribution in [0.1, 0.15) is 48.0 Å². The number of hydrogen-bond donors (Lipinski definition) is 1. The fourth-order valence-corrected chi connectivity index (χ4v) is 8.37. The average Bonchev–Trinajstić information content (AvgIpc) is 3.13. The summed E-state index contributed by atoms with van der Waals surface area (Å²) in [4.78, 5) is 19.3. The molecule has 4 aliphatic carbocycles. The molecule has 0 radical (unpaired) electrons. The molecule has 1 aliphatic heterocycles. The van der Waals surface area contributed by atoms with Crippen LogP contribution in [0.25, 0.3) is 11.0 Å². The molecule has 0 aromatic carbocycles. The van der Waals surface area contributed by atoms with Crippen LogP contribution in [0.15, 0.2) is 52.3 Å². The summed E-state index contributed by atoms with van der Waals surface area (Å²) >= 11 is 0. The molecule has 2 bridgehead atoms. The number of furan rings is 1. The fourth-order valence-electron chi connectivity index (χ4n) is 8.37. The topological polar surface area (TPSA) is 91.0 Å². The number of aromatic nitrogens is 1. The van der Waals surface area contributed by atoms with E-state index in [4.69, 9.17) is 18.6 Å². The van der Waals surface area contributed by atoms with Crippen molar-refractivity contribution in [3.63, 3.8) is 0 Å². The Balaban J connectivity index is 1.44. The minimum atomic E-state index is -1.68. The van der Waals surface area contributed by atoms with Gasteiger partial charge in [-0.2, -0.15) is 0 Å².